The molecule has 164 valence electrons. The minimum atomic E-state index is -1.14. The number of pyridine rings is 1. The van der Waals surface area contributed by atoms with Crippen molar-refractivity contribution in [2.75, 3.05) is 29.3 Å². The number of likely N-dealkylation sites (N-methyl/N-ethyl adjacent to an activating group) is 1. The Hall–Kier alpha value is -3.43. The molecule has 1 amide bonds. The molecule has 10 heteroatoms. The monoisotopic (exact) mass is 426 g/mol. The molecular weight excluding hydrogens is 400 g/mol. The van der Waals surface area contributed by atoms with Crippen LogP contribution in [0.25, 0.3) is 0 Å². The Bertz CT molecular complexity index is 1010. The normalized spacial score (nSPS) is 18.8. The Morgan fingerprint density at radius 2 is 2.03 bits per heavy atom. The van der Waals surface area contributed by atoms with E-state index in [1.54, 1.807) is 18.1 Å². The van der Waals surface area contributed by atoms with Crippen LogP contribution in [0, 0.1) is 0 Å². The molecule has 0 unspecified atom stereocenters. The van der Waals surface area contributed by atoms with E-state index >= 15 is 0 Å². The highest BCUT2D eigenvalue weighted by molar-refractivity contribution is 6.04. The van der Waals surface area contributed by atoms with Crippen molar-refractivity contribution in [2.45, 2.75) is 51.1 Å². The molecule has 4 rings (SSSR count). The number of methoxy groups -OCH3 is 1. The number of hydrogen-bond donors (Lipinski definition) is 2. The van der Waals surface area contributed by atoms with Crippen LogP contribution in [0.2, 0.25) is 0 Å². The number of carboxylic acids is 1. The largest absolute Gasteiger partial charge is 0.494 e. The molecule has 0 bridgehead atoms. The predicted molar refractivity (Wildman–Crippen MR) is 115 cm³/mol. The zero-order chi connectivity index (χ0) is 22.1. The van der Waals surface area contributed by atoms with Crippen LogP contribution >= 0.6 is 0 Å². The summed E-state index contributed by atoms with van der Waals surface area (Å²) in [5.74, 6) is 0.289. The molecule has 2 aromatic rings. The number of aromatic nitrogens is 3. The maximum atomic E-state index is 13.0. The smallest absolute Gasteiger partial charge is 0.354 e. The van der Waals surface area contributed by atoms with Gasteiger partial charge < -0.3 is 25.0 Å². The summed E-state index contributed by atoms with van der Waals surface area (Å²) in [6.07, 6.45) is 8.08. The molecule has 1 atom stereocenters. The predicted octanol–water partition coefficient (Wildman–Crippen LogP) is 2.83. The van der Waals surface area contributed by atoms with Crippen LogP contribution in [-0.2, 0) is 4.79 Å². The van der Waals surface area contributed by atoms with Crippen molar-refractivity contribution in [3.8, 4) is 5.75 Å². The Labute approximate surface area is 180 Å². The number of carboxylic acid groups (broad SMARTS) is 1. The van der Waals surface area contributed by atoms with Crippen molar-refractivity contribution in [1.29, 1.82) is 0 Å². The topological polar surface area (TPSA) is 121 Å². The summed E-state index contributed by atoms with van der Waals surface area (Å²) in [6, 6.07) is 1.36. The fraction of sp³-hybridized carbons (Fsp3) is 0.476. The molecule has 10 nitrogen and oxygen atoms in total. The summed E-state index contributed by atoms with van der Waals surface area (Å²) in [5, 5.41) is 12.2. The van der Waals surface area contributed by atoms with Gasteiger partial charge in [0.15, 0.2) is 11.5 Å². The lowest BCUT2D eigenvalue weighted by atomic mass is 10.0. The molecule has 1 fully saturated rings. The molecule has 0 radical (unpaired) electrons. The van der Waals surface area contributed by atoms with Crippen molar-refractivity contribution >= 4 is 35.0 Å². The first kappa shape index (κ1) is 20.8. The Balaban J connectivity index is 1.72. The van der Waals surface area contributed by atoms with Gasteiger partial charge in [-0.2, -0.15) is 4.98 Å². The van der Waals surface area contributed by atoms with Crippen LogP contribution in [0.5, 0.6) is 5.75 Å². The van der Waals surface area contributed by atoms with Gasteiger partial charge in [-0.05, 0) is 19.3 Å². The van der Waals surface area contributed by atoms with E-state index in [4.69, 9.17) is 14.8 Å². The molecule has 0 spiro atoms. The first-order chi connectivity index (χ1) is 14.9. The van der Waals surface area contributed by atoms with Crippen molar-refractivity contribution in [3.05, 3.63) is 24.2 Å². The maximum absolute atomic E-state index is 13.0. The molecular formula is C21H26N6O4. The zero-order valence-electron chi connectivity index (χ0n) is 17.8. The maximum Gasteiger partial charge on any atom is 0.354 e. The van der Waals surface area contributed by atoms with E-state index in [0.29, 0.717) is 29.5 Å². The lowest BCUT2D eigenvalue weighted by molar-refractivity contribution is -0.120. The van der Waals surface area contributed by atoms with E-state index in [1.165, 1.54) is 19.4 Å². The van der Waals surface area contributed by atoms with Crippen molar-refractivity contribution in [1.82, 2.24) is 15.0 Å². The second-order valence-corrected chi connectivity index (χ2v) is 7.77. The van der Waals surface area contributed by atoms with E-state index in [2.05, 4.69) is 20.2 Å². The van der Waals surface area contributed by atoms with Crippen LogP contribution in [0.4, 0.5) is 23.1 Å². The number of rotatable bonds is 6. The highest BCUT2D eigenvalue weighted by atomic mass is 16.5. The van der Waals surface area contributed by atoms with Crippen LogP contribution in [-0.4, -0.2) is 58.2 Å². The Morgan fingerprint density at radius 1 is 1.29 bits per heavy atom. The van der Waals surface area contributed by atoms with Gasteiger partial charge in [-0.15, -0.1) is 0 Å². The van der Waals surface area contributed by atoms with Crippen molar-refractivity contribution in [3.63, 3.8) is 0 Å². The number of hydrogen-bond acceptors (Lipinski definition) is 8. The zero-order valence-corrected chi connectivity index (χ0v) is 17.8. The summed E-state index contributed by atoms with van der Waals surface area (Å²) >= 11 is 0. The molecule has 2 aromatic heterocycles. The average Bonchev–Trinajstić information content (AvgIpc) is 3.30. The summed E-state index contributed by atoms with van der Waals surface area (Å²) in [7, 11) is 3.21. The molecule has 0 saturated heterocycles. The number of carbonyl (C=O) groups excluding carboxylic acids is 1. The van der Waals surface area contributed by atoms with E-state index < -0.39 is 5.97 Å². The van der Waals surface area contributed by atoms with Crippen LogP contribution in [0.15, 0.2) is 18.5 Å². The quantitative estimate of drug-likeness (QED) is 0.718. The van der Waals surface area contributed by atoms with Gasteiger partial charge in [0.2, 0.25) is 11.9 Å². The standard InChI is InChI=1S/C21H26N6O4/c1-4-15-19(28)26(2)16-11-23-21(25-18(16)27(15)12-7-5-6-8-12)24-14-10-22-13(20(29)30)9-17(14)31-3/h9-12,15H,4-8H2,1-3H3,(H,29,30)(H,23,24,25)/t15-/m1/s1. The number of carbonyl (C=O) groups is 2. The number of nitrogens with zero attached hydrogens (tertiary/aromatic N) is 5. The number of aromatic carboxylic acids is 1. The minimum absolute atomic E-state index is 0.0568. The van der Waals surface area contributed by atoms with Crippen LogP contribution in [0.1, 0.15) is 49.5 Å². The number of nitrogens with one attached hydrogen (secondary N) is 1. The Morgan fingerprint density at radius 3 is 2.68 bits per heavy atom. The fourth-order valence-electron chi connectivity index (χ4n) is 4.38. The molecule has 1 aliphatic heterocycles. The third-order valence-electron chi connectivity index (χ3n) is 5.96. The highest BCUT2D eigenvalue weighted by Gasteiger charge is 2.41. The molecule has 31 heavy (non-hydrogen) atoms. The third-order valence-corrected chi connectivity index (χ3v) is 5.96. The second kappa shape index (κ2) is 8.37. The Kier molecular flexibility index (Phi) is 5.62. The van der Waals surface area contributed by atoms with E-state index in [1.807, 2.05) is 6.92 Å². The van der Waals surface area contributed by atoms with Gasteiger partial charge in [-0.25, -0.2) is 14.8 Å². The number of anilines is 4. The molecule has 1 saturated carbocycles. The van der Waals surface area contributed by atoms with E-state index in [-0.39, 0.29) is 23.7 Å². The van der Waals surface area contributed by atoms with Gasteiger partial charge in [0, 0.05) is 19.2 Å². The molecule has 1 aliphatic carbocycles. The lowest BCUT2D eigenvalue weighted by Gasteiger charge is -2.43. The van der Waals surface area contributed by atoms with Crippen LogP contribution in [0.3, 0.4) is 0 Å². The SMILES string of the molecule is CC[C@@H]1C(=O)N(C)c2cnc(Nc3cnc(C(=O)O)cc3OC)nc2N1C1CCCC1. The van der Waals surface area contributed by atoms with Gasteiger partial charge in [0.1, 0.15) is 23.2 Å². The third kappa shape index (κ3) is 3.73. The summed E-state index contributed by atoms with van der Waals surface area (Å²) in [6.45, 7) is 2.02. The number of ether oxygens (including phenoxy) is 1. The first-order valence-electron chi connectivity index (χ1n) is 10.4. The van der Waals surface area contributed by atoms with E-state index in [0.717, 1.165) is 31.5 Å². The number of amides is 1. The average molecular weight is 426 g/mol. The number of fused-ring (bicyclic) bond motifs is 1. The molecule has 2 aliphatic rings. The second-order valence-electron chi connectivity index (χ2n) is 7.77. The van der Waals surface area contributed by atoms with Gasteiger partial charge in [0.25, 0.3) is 0 Å². The van der Waals surface area contributed by atoms with Gasteiger partial charge in [0.05, 0.1) is 19.5 Å². The van der Waals surface area contributed by atoms with Crippen LogP contribution < -0.4 is 19.9 Å². The van der Waals surface area contributed by atoms with E-state index in [9.17, 15) is 9.59 Å². The molecule has 3 heterocycles. The summed E-state index contributed by atoms with van der Waals surface area (Å²) in [4.78, 5) is 41.0. The lowest BCUT2D eigenvalue weighted by Crippen LogP contribution is -2.55. The molecule has 2 N–H and O–H groups in total. The summed E-state index contributed by atoms with van der Waals surface area (Å²) in [5.41, 5.74) is 1.01. The van der Waals surface area contributed by atoms with Gasteiger partial charge >= 0.3 is 5.97 Å². The summed E-state index contributed by atoms with van der Waals surface area (Å²) < 4.78 is 5.30. The van der Waals surface area contributed by atoms with Crippen molar-refractivity contribution in [2.24, 2.45) is 0 Å². The van der Waals surface area contributed by atoms with Gasteiger partial charge in [-0.3, -0.25) is 4.79 Å². The fourth-order valence-corrected chi connectivity index (χ4v) is 4.38. The van der Waals surface area contributed by atoms with Crippen molar-refractivity contribution < 1.29 is 19.4 Å². The highest BCUT2D eigenvalue weighted by Crippen LogP contribution is 2.40. The van der Waals surface area contributed by atoms with Gasteiger partial charge in [-0.1, -0.05) is 19.8 Å². The molecule has 0 aromatic carbocycles. The first-order valence-corrected chi connectivity index (χ1v) is 10.4. The minimum Gasteiger partial charge on any atom is -0.494 e.